The van der Waals surface area contributed by atoms with Gasteiger partial charge in [0.25, 0.3) is 5.91 Å². The summed E-state index contributed by atoms with van der Waals surface area (Å²) in [5, 5.41) is 13.0. The van der Waals surface area contributed by atoms with Crippen LogP contribution >= 0.6 is 11.3 Å². The molecule has 0 radical (unpaired) electrons. The van der Waals surface area contributed by atoms with Crippen molar-refractivity contribution >= 4 is 27.9 Å². The van der Waals surface area contributed by atoms with Gasteiger partial charge in [0.15, 0.2) is 0 Å². The third kappa shape index (κ3) is 2.86. The Morgan fingerprint density at radius 3 is 2.95 bits per heavy atom. The number of likely N-dealkylation sites (tertiary alicyclic amines) is 1. The van der Waals surface area contributed by atoms with Crippen LogP contribution in [-0.2, 0) is 0 Å². The molecule has 7 heteroatoms. The van der Waals surface area contributed by atoms with E-state index in [-0.39, 0.29) is 10.6 Å². The van der Waals surface area contributed by atoms with Crippen LogP contribution in [0.15, 0.2) is 0 Å². The number of nitriles is 1. The molecule has 1 unspecified atom stereocenters. The third-order valence-corrected chi connectivity index (χ3v) is 4.83. The van der Waals surface area contributed by atoms with Crippen molar-refractivity contribution in [1.82, 2.24) is 4.90 Å². The van der Waals surface area contributed by atoms with Gasteiger partial charge in [-0.25, -0.2) is 0 Å². The number of hydrogen-bond acceptors (Lipinski definition) is 6. The molecule has 1 aliphatic rings. The molecule has 0 aliphatic carbocycles. The first-order valence-electron chi connectivity index (χ1n) is 6.65. The van der Waals surface area contributed by atoms with Crippen LogP contribution in [0.1, 0.15) is 28.6 Å². The van der Waals surface area contributed by atoms with Gasteiger partial charge < -0.3 is 21.7 Å². The fraction of sp³-hybridized carbons (Fsp3) is 0.538. The van der Waals surface area contributed by atoms with Gasteiger partial charge in [0.2, 0.25) is 0 Å². The quantitative estimate of drug-likeness (QED) is 0.752. The van der Waals surface area contributed by atoms with Crippen molar-refractivity contribution in [3.8, 4) is 6.07 Å². The number of nitrogens with one attached hydrogen (secondary N) is 1. The van der Waals surface area contributed by atoms with Gasteiger partial charge in [-0.15, -0.1) is 11.3 Å². The maximum Gasteiger partial charge on any atom is 0.261 e. The van der Waals surface area contributed by atoms with Crippen molar-refractivity contribution in [2.45, 2.75) is 13.3 Å². The summed E-state index contributed by atoms with van der Waals surface area (Å²) in [6.07, 6.45) is 1.15. The van der Waals surface area contributed by atoms with Gasteiger partial charge in [-0.3, -0.25) is 4.79 Å². The summed E-state index contributed by atoms with van der Waals surface area (Å²) in [7, 11) is 0. The first-order chi connectivity index (χ1) is 9.56. The van der Waals surface area contributed by atoms with Gasteiger partial charge in [0.1, 0.15) is 21.5 Å². The number of carbonyl (C=O) groups is 1. The van der Waals surface area contributed by atoms with Crippen molar-refractivity contribution in [3.63, 3.8) is 0 Å². The molecule has 0 saturated carbocycles. The molecule has 1 aromatic rings. The van der Waals surface area contributed by atoms with E-state index < -0.39 is 5.91 Å². The highest BCUT2D eigenvalue weighted by Gasteiger charge is 2.23. The molecular weight excluding hydrogens is 274 g/mol. The Hall–Kier alpha value is -1.78. The monoisotopic (exact) mass is 293 g/mol. The summed E-state index contributed by atoms with van der Waals surface area (Å²) >= 11 is 1.16. The van der Waals surface area contributed by atoms with E-state index >= 15 is 0 Å². The molecule has 0 aromatic carbocycles. The zero-order valence-electron chi connectivity index (χ0n) is 11.5. The van der Waals surface area contributed by atoms with E-state index in [2.05, 4.69) is 17.1 Å². The number of amides is 1. The zero-order valence-corrected chi connectivity index (χ0v) is 12.3. The molecule has 108 valence electrons. The molecule has 6 nitrogen and oxygen atoms in total. The normalized spacial score (nSPS) is 18.9. The number of nitrogens with two attached hydrogens (primary N) is 2. The van der Waals surface area contributed by atoms with Crippen LogP contribution < -0.4 is 16.8 Å². The molecule has 1 amide bonds. The summed E-state index contributed by atoms with van der Waals surface area (Å²) in [4.78, 5) is 13.9. The Bertz CT molecular complexity index is 548. The second-order valence-corrected chi connectivity index (χ2v) is 5.97. The predicted octanol–water partition coefficient (Wildman–Crippen LogP) is 1.05. The van der Waals surface area contributed by atoms with Crippen LogP contribution in [0.4, 0.5) is 10.7 Å². The highest BCUT2D eigenvalue weighted by atomic mass is 32.1. The van der Waals surface area contributed by atoms with Gasteiger partial charge in [-0.1, -0.05) is 6.92 Å². The lowest BCUT2D eigenvalue weighted by Gasteiger charge is -2.13. The average molecular weight is 293 g/mol. The molecular formula is C13H19N5OS. The number of thiophene rings is 1. The smallest absolute Gasteiger partial charge is 0.261 e. The van der Waals surface area contributed by atoms with Crippen molar-refractivity contribution < 1.29 is 4.79 Å². The number of nitrogens with zero attached hydrogens (tertiary/aromatic N) is 2. The zero-order chi connectivity index (χ0) is 14.7. The Balaban J connectivity index is 2.05. The molecule has 1 aromatic heterocycles. The minimum absolute atomic E-state index is 0.189. The average Bonchev–Trinajstić information content (AvgIpc) is 3.00. The second kappa shape index (κ2) is 6.11. The molecule has 20 heavy (non-hydrogen) atoms. The van der Waals surface area contributed by atoms with Gasteiger partial charge in [0.05, 0.1) is 5.69 Å². The van der Waals surface area contributed by atoms with Crippen LogP contribution in [0.25, 0.3) is 0 Å². The summed E-state index contributed by atoms with van der Waals surface area (Å²) < 4.78 is 0. The maximum absolute atomic E-state index is 11.3. The van der Waals surface area contributed by atoms with E-state index in [0.29, 0.717) is 16.5 Å². The summed E-state index contributed by atoms with van der Waals surface area (Å²) in [6, 6.07) is 2.04. The van der Waals surface area contributed by atoms with Crippen molar-refractivity contribution in [3.05, 3.63) is 10.4 Å². The second-order valence-electron chi connectivity index (χ2n) is 4.95. The van der Waals surface area contributed by atoms with Gasteiger partial charge in [-0.2, -0.15) is 5.26 Å². The first-order valence-corrected chi connectivity index (χ1v) is 7.46. The van der Waals surface area contributed by atoms with Crippen LogP contribution in [0.2, 0.25) is 0 Å². The van der Waals surface area contributed by atoms with E-state index in [4.69, 9.17) is 16.7 Å². The lowest BCUT2D eigenvalue weighted by atomic mass is 10.1. The van der Waals surface area contributed by atoms with Crippen molar-refractivity contribution in [1.29, 1.82) is 5.26 Å². The van der Waals surface area contributed by atoms with Crippen LogP contribution in [0, 0.1) is 17.2 Å². The van der Waals surface area contributed by atoms with E-state index in [1.807, 2.05) is 6.07 Å². The van der Waals surface area contributed by atoms with Crippen molar-refractivity contribution in [2.75, 3.05) is 37.2 Å². The molecule has 2 rings (SSSR count). The SMILES string of the molecule is CCN1CCC(CNc2sc(C(N)=O)c(N)c2C#N)C1. The molecule has 1 fully saturated rings. The number of rotatable bonds is 5. The van der Waals surface area contributed by atoms with E-state index in [1.54, 1.807) is 0 Å². The Labute approximate surface area is 122 Å². The summed E-state index contributed by atoms with van der Waals surface area (Å²) in [5.74, 6) is -0.0306. The fourth-order valence-corrected chi connectivity index (χ4v) is 3.40. The number of hydrogen-bond donors (Lipinski definition) is 3. The Morgan fingerprint density at radius 2 is 2.40 bits per heavy atom. The Kier molecular flexibility index (Phi) is 4.47. The van der Waals surface area contributed by atoms with Gasteiger partial charge >= 0.3 is 0 Å². The summed E-state index contributed by atoms with van der Waals surface area (Å²) in [6.45, 7) is 6.19. The molecule has 1 atom stereocenters. The minimum atomic E-state index is -0.588. The highest BCUT2D eigenvalue weighted by molar-refractivity contribution is 7.18. The van der Waals surface area contributed by atoms with Crippen molar-refractivity contribution in [2.24, 2.45) is 11.7 Å². The third-order valence-electron chi connectivity index (χ3n) is 3.65. The van der Waals surface area contributed by atoms with Crippen LogP contribution in [-0.4, -0.2) is 37.0 Å². The number of carbonyl (C=O) groups excluding carboxylic acids is 1. The number of nitrogen functional groups attached to an aromatic ring is 1. The van der Waals surface area contributed by atoms with Crippen LogP contribution in [0.3, 0.4) is 0 Å². The summed E-state index contributed by atoms with van der Waals surface area (Å²) in [5.41, 5.74) is 11.6. The molecule has 0 spiro atoms. The minimum Gasteiger partial charge on any atom is -0.396 e. The van der Waals surface area contributed by atoms with Gasteiger partial charge in [0, 0.05) is 13.1 Å². The Morgan fingerprint density at radius 1 is 1.65 bits per heavy atom. The fourth-order valence-electron chi connectivity index (χ4n) is 2.47. The first kappa shape index (κ1) is 14.6. The largest absolute Gasteiger partial charge is 0.396 e. The molecule has 2 heterocycles. The lowest BCUT2D eigenvalue weighted by Crippen LogP contribution is -2.22. The molecule has 5 N–H and O–H groups in total. The number of primary amides is 1. The predicted molar refractivity (Wildman–Crippen MR) is 80.7 cm³/mol. The van der Waals surface area contributed by atoms with E-state index in [1.165, 1.54) is 0 Å². The van der Waals surface area contributed by atoms with Crippen LogP contribution in [0.5, 0.6) is 0 Å². The number of anilines is 2. The molecule has 0 bridgehead atoms. The standard InChI is InChI=1S/C13H19N5OS/c1-2-18-4-3-8(7-18)6-17-13-9(5-14)10(15)11(20-13)12(16)19/h8,17H,2-4,6-7,15H2,1H3,(H2,16,19). The molecule has 1 saturated heterocycles. The molecule has 1 aliphatic heterocycles. The van der Waals surface area contributed by atoms with Gasteiger partial charge in [-0.05, 0) is 25.4 Å². The maximum atomic E-state index is 11.3. The highest BCUT2D eigenvalue weighted by Crippen LogP contribution is 2.35. The topological polar surface area (TPSA) is 108 Å². The lowest BCUT2D eigenvalue weighted by molar-refractivity contribution is 0.100. The van der Waals surface area contributed by atoms with E-state index in [9.17, 15) is 4.79 Å². The van der Waals surface area contributed by atoms with E-state index in [0.717, 1.165) is 43.9 Å².